The van der Waals surface area contributed by atoms with E-state index in [2.05, 4.69) is 14.8 Å². The van der Waals surface area contributed by atoms with Gasteiger partial charge in [0.15, 0.2) is 0 Å². The second kappa shape index (κ2) is 7.70. The van der Waals surface area contributed by atoms with Crippen molar-refractivity contribution in [3.8, 4) is 16.9 Å². The lowest BCUT2D eigenvalue weighted by molar-refractivity contribution is 0.135. The van der Waals surface area contributed by atoms with Gasteiger partial charge in [0.25, 0.3) is 0 Å². The van der Waals surface area contributed by atoms with E-state index in [4.69, 9.17) is 16.3 Å². The predicted octanol–water partition coefficient (Wildman–Crippen LogP) is 4.32. The second-order valence-electron chi connectivity index (χ2n) is 8.11. The van der Waals surface area contributed by atoms with Crippen molar-refractivity contribution in [3.63, 3.8) is 0 Å². The third kappa shape index (κ3) is 3.17. The van der Waals surface area contributed by atoms with Crippen molar-refractivity contribution in [2.45, 2.75) is 6.04 Å². The van der Waals surface area contributed by atoms with E-state index in [0.717, 1.165) is 16.8 Å². The standard InChI is InChI=1S/C23H22ClFN4O3/c1-27-11-13-12-28(23(30)31)6-7-29(13)22-15-8-16(24)14(9-18(15)26-10-19(22)27)21-17(25)4-3-5-20(21)32-2/h3-5,8-10,13H,6-7,11-12H2,1-2H3,(H,30,31)/t13-/m0/s1. The molecule has 5 rings (SSSR count). The minimum absolute atomic E-state index is 0.0214. The minimum atomic E-state index is -0.899. The molecule has 2 aromatic carbocycles. The number of halogens is 2. The van der Waals surface area contributed by atoms with Gasteiger partial charge in [-0.15, -0.1) is 0 Å². The van der Waals surface area contributed by atoms with E-state index in [1.54, 1.807) is 18.2 Å². The number of hydrogen-bond donors (Lipinski definition) is 1. The van der Waals surface area contributed by atoms with Crippen LogP contribution in [0.4, 0.5) is 20.6 Å². The van der Waals surface area contributed by atoms with E-state index < -0.39 is 11.9 Å². The molecule has 1 N–H and O–H groups in total. The Hall–Kier alpha value is -3.26. The van der Waals surface area contributed by atoms with Crippen LogP contribution in [0.2, 0.25) is 5.02 Å². The second-order valence-corrected chi connectivity index (χ2v) is 8.52. The molecular formula is C23H22ClFN4O3. The molecule has 1 amide bonds. The monoisotopic (exact) mass is 456 g/mol. The van der Waals surface area contributed by atoms with Crippen molar-refractivity contribution < 1.29 is 19.0 Å². The fourth-order valence-electron chi connectivity index (χ4n) is 4.79. The normalized spacial score (nSPS) is 17.9. The lowest BCUT2D eigenvalue weighted by atomic mass is 9.98. The SMILES string of the molecule is COc1cccc(F)c1-c1cc2ncc3c(c2cc1Cl)N1CCN(C(=O)O)C[C@@H]1CN3C. The number of fused-ring (bicyclic) bond motifs is 5. The first kappa shape index (κ1) is 20.6. The molecule has 7 nitrogen and oxygen atoms in total. The molecule has 3 heterocycles. The van der Waals surface area contributed by atoms with Crippen LogP contribution in [-0.2, 0) is 0 Å². The summed E-state index contributed by atoms with van der Waals surface area (Å²) >= 11 is 6.69. The van der Waals surface area contributed by atoms with Gasteiger partial charge in [0.2, 0.25) is 0 Å². The number of carbonyl (C=O) groups is 1. The summed E-state index contributed by atoms with van der Waals surface area (Å²) in [4.78, 5) is 21.9. The first-order chi connectivity index (χ1) is 15.4. The average molecular weight is 457 g/mol. The van der Waals surface area contributed by atoms with Gasteiger partial charge in [0.05, 0.1) is 41.8 Å². The number of carboxylic acid groups (broad SMARTS) is 1. The van der Waals surface area contributed by atoms with Crippen LogP contribution in [0.15, 0.2) is 36.5 Å². The van der Waals surface area contributed by atoms with Gasteiger partial charge in [-0.25, -0.2) is 9.18 Å². The molecule has 0 radical (unpaired) electrons. The highest BCUT2D eigenvalue weighted by Gasteiger charge is 2.36. The maximum atomic E-state index is 14.7. The molecule has 0 bridgehead atoms. The van der Waals surface area contributed by atoms with Crippen LogP contribution in [0.3, 0.4) is 0 Å². The van der Waals surface area contributed by atoms with E-state index in [1.807, 2.05) is 19.3 Å². The fourth-order valence-corrected chi connectivity index (χ4v) is 5.05. The molecule has 166 valence electrons. The van der Waals surface area contributed by atoms with E-state index >= 15 is 0 Å². The van der Waals surface area contributed by atoms with Crippen LogP contribution in [0.1, 0.15) is 0 Å². The van der Waals surface area contributed by atoms with Gasteiger partial charge in [0, 0.05) is 49.2 Å². The van der Waals surface area contributed by atoms with Gasteiger partial charge in [-0.3, -0.25) is 4.98 Å². The topological polar surface area (TPSA) is 69.1 Å². The zero-order valence-electron chi connectivity index (χ0n) is 17.7. The van der Waals surface area contributed by atoms with E-state index in [9.17, 15) is 14.3 Å². The summed E-state index contributed by atoms with van der Waals surface area (Å²) in [5, 5.41) is 10.7. The summed E-state index contributed by atoms with van der Waals surface area (Å²) < 4.78 is 20.1. The lowest BCUT2D eigenvalue weighted by Crippen LogP contribution is -2.60. The average Bonchev–Trinajstić information content (AvgIpc) is 2.78. The highest BCUT2D eigenvalue weighted by Crippen LogP contribution is 2.45. The van der Waals surface area contributed by atoms with Crippen LogP contribution in [-0.4, -0.2) is 67.5 Å². The Morgan fingerprint density at radius 1 is 1.28 bits per heavy atom. The highest BCUT2D eigenvalue weighted by atomic mass is 35.5. The molecule has 0 aliphatic carbocycles. The molecule has 2 aliphatic heterocycles. The molecule has 0 spiro atoms. The maximum absolute atomic E-state index is 14.7. The van der Waals surface area contributed by atoms with Gasteiger partial charge < -0.3 is 24.5 Å². The third-order valence-electron chi connectivity index (χ3n) is 6.31. The molecule has 1 atom stereocenters. The first-order valence-electron chi connectivity index (χ1n) is 10.3. The minimum Gasteiger partial charge on any atom is -0.496 e. The van der Waals surface area contributed by atoms with Crippen molar-refractivity contribution in [2.24, 2.45) is 0 Å². The number of aromatic nitrogens is 1. The van der Waals surface area contributed by atoms with Gasteiger partial charge >= 0.3 is 6.09 Å². The fraction of sp³-hybridized carbons (Fsp3) is 0.304. The van der Waals surface area contributed by atoms with Crippen LogP contribution in [0.25, 0.3) is 22.0 Å². The zero-order valence-corrected chi connectivity index (χ0v) is 18.4. The van der Waals surface area contributed by atoms with E-state index in [1.165, 1.54) is 18.1 Å². The quantitative estimate of drug-likeness (QED) is 0.619. The number of anilines is 2. The van der Waals surface area contributed by atoms with Gasteiger partial charge in [-0.05, 0) is 24.3 Å². The van der Waals surface area contributed by atoms with Crippen LogP contribution < -0.4 is 14.5 Å². The van der Waals surface area contributed by atoms with Crippen LogP contribution in [0.5, 0.6) is 5.75 Å². The number of benzene rings is 2. The Balaban J connectivity index is 1.67. The Bertz CT molecular complexity index is 1240. The van der Waals surface area contributed by atoms with Crippen molar-refractivity contribution >= 4 is 40.0 Å². The predicted molar refractivity (Wildman–Crippen MR) is 123 cm³/mol. The number of amides is 1. The van der Waals surface area contributed by atoms with E-state index in [0.29, 0.717) is 53.6 Å². The molecule has 0 saturated carbocycles. The third-order valence-corrected chi connectivity index (χ3v) is 6.62. The number of likely N-dealkylation sites (N-methyl/N-ethyl adjacent to an activating group) is 1. The molecule has 3 aromatic rings. The smallest absolute Gasteiger partial charge is 0.407 e. The highest BCUT2D eigenvalue weighted by molar-refractivity contribution is 6.34. The summed E-state index contributed by atoms with van der Waals surface area (Å²) in [6.07, 6.45) is 0.914. The summed E-state index contributed by atoms with van der Waals surface area (Å²) in [5.74, 6) is -0.0260. The molecule has 1 fully saturated rings. The van der Waals surface area contributed by atoms with Crippen LogP contribution in [0, 0.1) is 5.82 Å². The van der Waals surface area contributed by atoms with Crippen molar-refractivity contribution in [2.75, 3.05) is 50.1 Å². The molecule has 1 saturated heterocycles. The van der Waals surface area contributed by atoms with Crippen molar-refractivity contribution in [1.82, 2.24) is 9.88 Å². The molecule has 0 unspecified atom stereocenters. The van der Waals surface area contributed by atoms with Gasteiger partial charge in [-0.2, -0.15) is 0 Å². The number of ether oxygens (including phenoxy) is 1. The number of piperazine rings is 1. The van der Waals surface area contributed by atoms with E-state index in [-0.39, 0.29) is 6.04 Å². The number of rotatable bonds is 2. The van der Waals surface area contributed by atoms with Crippen molar-refractivity contribution in [3.05, 3.63) is 47.4 Å². The number of methoxy groups -OCH3 is 1. The molecule has 9 heteroatoms. The summed E-state index contributed by atoms with van der Waals surface area (Å²) in [5.41, 5.74) is 3.44. The summed E-state index contributed by atoms with van der Waals surface area (Å²) in [6.45, 7) is 2.14. The van der Waals surface area contributed by atoms with Gasteiger partial charge in [0.1, 0.15) is 11.6 Å². The molecule has 32 heavy (non-hydrogen) atoms. The summed E-state index contributed by atoms with van der Waals surface area (Å²) in [6, 6.07) is 8.29. The number of hydrogen-bond acceptors (Lipinski definition) is 5. The Kier molecular flexibility index (Phi) is 4.97. The molecule has 1 aromatic heterocycles. The van der Waals surface area contributed by atoms with Gasteiger partial charge in [-0.1, -0.05) is 17.7 Å². The number of pyridine rings is 1. The van der Waals surface area contributed by atoms with Crippen molar-refractivity contribution in [1.29, 1.82) is 0 Å². The lowest BCUT2D eigenvalue weighted by Gasteiger charge is -2.48. The summed E-state index contributed by atoms with van der Waals surface area (Å²) in [7, 11) is 3.47. The largest absolute Gasteiger partial charge is 0.496 e. The maximum Gasteiger partial charge on any atom is 0.407 e. The number of nitrogens with zero attached hydrogens (tertiary/aromatic N) is 4. The zero-order chi connectivity index (χ0) is 22.6. The molecular weight excluding hydrogens is 435 g/mol. The van der Waals surface area contributed by atoms with Crippen LogP contribution >= 0.6 is 11.6 Å². The Morgan fingerprint density at radius 3 is 2.84 bits per heavy atom. The Morgan fingerprint density at radius 2 is 2.09 bits per heavy atom. The first-order valence-corrected chi connectivity index (χ1v) is 10.7. The molecule has 2 aliphatic rings. The Labute approximate surface area is 189 Å².